The van der Waals surface area contributed by atoms with Crippen LogP contribution < -0.4 is 10.6 Å². The number of rotatable bonds is 4. The van der Waals surface area contributed by atoms with E-state index in [4.69, 9.17) is 0 Å². The van der Waals surface area contributed by atoms with Crippen LogP contribution >= 0.6 is 0 Å². The Morgan fingerprint density at radius 2 is 2.11 bits per heavy atom. The van der Waals surface area contributed by atoms with Crippen molar-refractivity contribution in [2.24, 2.45) is 0 Å². The van der Waals surface area contributed by atoms with Gasteiger partial charge < -0.3 is 10.6 Å². The molecule has 3 nitrogen and oxygen atoms in total. The van der Waals surface area contributed by atoms with E-state index in [0.717, 1.165) is 23.7 Å². The van der Waals surface area contributed by atoms with Crippen molar-refractivity contribution in [3.63, 3.8) is 0 Å². The summed E-state index contributed by atoms with van der Waals surface area (Å²) in [7, 11) is 0. The van der Waals surface area contributed by atoms with Gasteiger partial charge in [-0.2, -0.15) is 0 Å². The van der Waals surface area contributed by atoms with Crippen LogP contribution in [0.25, 0.3) is 0 Å². The van der Waals surface area contributed by atoms with Crippen molar-refractivity contribution in [2.75, 3.05) is 17.2 Å². The minimum Gasteiger partial charge on any atom is -0.370 e. The average molecular weight is 245 g/mol. The molecule has 0 aliphatic rings. The van der Waals surface area contributed by atoms with Gasteiger partial charge in [-0.1, -0.05) is 6.07 Å². The third-order valence-corrected chi connectivity index (χ3v) is 2.66. The highest BCUT2D eigenvalue weighted by atomic mass is 19.1. The molecule has 2 N–H and O–H groups in total. The normalized spacial score (nSPS) is 10.2. The van der Waals surface area contributed by atoms with Crippen molar-refractivity contribution in [3.8, 4) is 0 Å². The first-order chi connectivity index (χ1) is 8.70. The van der Waals surface area contributed by atoms with Crippen LogP contribution in [0, 0.1) is 12.7 Å². The van der Waals surface area contributed by atoms with Gasteiger partial charge in [0.2, 0.25) is 0 Å². The first-order valence-electron chi connectivity index (χ1n) is 5.92. The third kappa shape index (κ3) is 2.77. The van der Waals surface area contributed by atoms with Crippen molar-refractivity contribution in [1.29, 1.82) is 0 Å². The molecule has 2 aromatic rings. The van der Waals surface area contributed by atoms with Crippen LogP contribution in [0.2, 0.25) is 0 Å². The molecule has 4 heteroatoms. The zero-order chi connectivity index (χ0) is 13.0. The van der Waals surface area contributed by atoms with E-state index in [1.54, 1.807) is 19.2 Å². The van der Waals surface area contributed by atoms with E-state index in [1.807, 2.05) is 25.1 Å². The smallest absolute Gasteiger partial charge is 0.128 e. The van der Waals surface area contributed by atoms with Crippen molar-refractivity contribution in [3.05, 3.63) is 47.9 Å². The molecule has 94 valence electrons. The molecule has 18 heavy (non-hydrogen) atoms. The maximum absolute atomic E-state index is 13.4. The Kier molecular flexibility index (Phi) is 3.77. The van der Waals surface area contributed by atoms with Crippen LogP contribution in [0.3, 0.4) is 0 Å². The average Bonchev–Trinajstić information content (AvgIpc) is 2.36. The van der Waals surface area contributed by atoms with Gasteiger partial charge >= 0.3 is 0 Å². The van der Waals surface area contributed by atoms with Gasteiger partial charge in [0.15, 0.2) is 0 Å². The minimum absolute atomic E-state index is 0.207. The molecular formula is C14H16FN3. The Bertz CT molecular complexity index is 540. The highest BCUT2D eigenvalue weighted by Crippen LogP contribution is 2.23. The second kappa shape index (κ2) is 5.49. The molecule has 0 fully saturated rings. The number of anilines is 3. The Hall–Kier alpha value is -2.10. The number of hydrogen-bond donors (Lipinski definition) is 2. The lowest BCUT2D eigenvalue weighted by atomic mass is 10.2. The second-order valence-electron chi connectivity index (χ2n) is 4.00. The number of aromatic nitrogens is 1. The zero-order valence-corrected chi connectivity index (χ0v) is 10.5. The Morgan fingerprint density at radius 1 is 1.28 bits per heavy atom. The molecule has 1 aromatic heterocycles. The maximum Gasteiger partial charge on any atom is 0.128 e. The van der Waals surface area contributed by atoms with Gasteiger partial charge in [-0.05, 0) is 32.0 Å². The molecule has 0 saturated carbocycles. The lowest BCUT2D eigenvalue weighted by Gasteiger charge is -2.11. The molecule has 1 heterocycles. The third-order valence-electron chi connectivity index (χ3n) is 2.66. The molecule has 0 aliphatic heterocycles. The molecule has 0 spiro atoms. The summed E-state index contributed by atoms with van der Waals surface area (Å²) in [5.74, 6) is 0.595. The molecular weight excluding hydrogens is 229 g/mol. The molecule has 0 unspecified atom stereocenters. The van der Waals surface area contributed by atoms with Gasteiger partial charge in [-0.15, -0.1) is 0 Å². The summed E-state index contributed by atoms with van der Waals surface area (Å²) in [6.07, 6.45) is 1.72. The van der Waals surface area contributed by atoms with Crippen LogP contribution in [-0.4, -0.2) is 11.5 Å². The summed E-state index contributed by atoms with van der Waals surface area (Å²) in [6, 6.07) is 8.75. The van der Waals surface area contributed by atoms with Gasteiger partial charge in [0, 0.05) is 35.7 Å². The number of nitrogens with zero attached hydrogens (tertiary/aromatic N) is 1. The van der Waals surface area contributed by atoms with Crippen molar-refractivity contribution < 1.29 is 4.39 Å². The largest absolute Gasteiger partial charge is 0.370 e. The van der Waals surface area contributed by atoms with E-state index in [2.05, 4.69) is 15.6 Å². The Morgan fingerprint density at radius 3 is 2.89 bits per heavy atom. The summed E-state index contributed by atoms with van der Waals surface area (Å²) < 4.78 is 13.4. The summed E-state index contributed by atoms with van der Waals surface area (Å²) in [6.45, 7) is 4.58. The maximum atomic E-state index is 13.4. The molecule has 0 radical (unpaired) electrons. The second-order valence-corrected chi connectivity index (χ2v) is 4.00. The fraction of sp³-hybridized carbons (Fsp3) is 0.214. The van der Waals surface area contributed by atoms with Crippen LogP contribution in [0.4, 0.5) is 21.6 Å². The first-order valence-corrected chi connectivity index (χ1v) is 5.92. The zero-order valence-electron chi connectivity index (χ0n) is 10.5. The van der Waals surface area contributed by atoms with Gasteiger partial charge in [0.25, 0.3) is 0 Å². The van der Waals surface area contributed by atoms with E-state index < -0.39 is 0 Å². The SMILES string of the molecule is CCNc1cc(Nc2cccc(F)c2C)ccn1. The Labute approximate surface area is 106 Å². The van der Waals surface area contributed by atoms with Crippen LogP contribution in [0.1, 0.15) is 12.5 Å². The van der Waals surface area contributed by atoms with Gasteiger partial charge in [0.1, 0.15) is 11.6 Å². The number of nitrogens with one attached hydrogen (secondary N) is 2. The van der Waals surface area contributed by atoms with Crippen LogP contribution in [0.5, 0.6) is 0 Å². The molecule has 1 aromatic carbocycles. The molecule has 0 amide bonds. The van der Waals surface area contributed by atoms with Crippen LogP contribution in [0.15, 0.2) is 36.5 Å². The minimum atomic E-state index is -0.207. The summed E-state index contributed by atoms with van der Waals surface area (Å²) in [5.41, 5.74) is 2.26. The van der Waals surface area contributed by atoms with E-state index in [-0.39, 0.29) is 5.82 Å². The van der Waals surface area contributed by atoms with Crippen molar-refractivity contribution in [1.82, 2.24) is 4.98 Å². The molecule has 0 aliphatic carbocycles. The van der Waals surface area contributed by atoms with Gasteiger partial charge in [-0.25, -0.2) is 9.37 Å². The highest BCUT2D eigenvalue weighted by molar-refractivity contribution is 5.65. The lowest BCUT2D eigenvalue weighted by molar-refractivity contribution is 0.619. The van der Waals surface area contributed by atoms with E-state index >= 15 is 0 Å². The van der Waals surface area contributed by atoms with E-state index in [0.29, 0.717) is 5.56 Å². The predicted octanol–water partition coefficient (Wildman–Crippen LogP) is 3.70. The Balaban J connectivity index is 2.23. The topological polar surface area (TPSA) is 37.0 Å². The lowest BCUT2D eigenvalue weighted by Crippen LogP contribution is -2.00. The number of hydrogen-bond acceptors (Lipinski definition) is 3. The predicted molar refractivity (Wildman–Crippen MR) is 72.8 cm³/mol. The summed E-state index contributed by atoms with van der Waals surface area (Å²) in [5, 5.41) is 6.33. The molecule has 0 bridgehead atoms. The van der Waals surface area contributed by atoms with Crippen LogP contribution in [-0.2, 0) is 0 Å². The van der Waals surface area contributed by atoms with E-state index in [1.165, 1.54) is 6.07 Å². The van der Waals surface area contributed by atoms with Gasteiger partial charge in [-0.3, -0.25) is 0 Å². The number of halogens is 1. The molecule has 0 atom stereocenters. The van der Waals surface area contributed by atoms with E-state index in [9.17, 15) is 4.39 Å². The fourth-order valence-electron chi connectivity index (χ4n) is 1.68. The fourth-order valence-corrected chi connectivity index (χ4v) is 1.68. The monoisotopic (exact) mass is 245 g/mol. The number of pyridine rings is 1. The number of benzene rings is 1. The summed E-state index contributed by atoms with van der Waals surface area (Å²) >= 11 is 0. The highest BCUT2D eigenvalue weighted by Gasteiger charge is 2.04. The van der Waals surface area contributed by atoms with Crippen molar-refractivity contribution >= 4 is 17.2 Å². The first kappa shape index (κ1) is 12.4. The summed E-state index contributed by atoms with van der Waals surface area (Å²) in [4.78, 5) is 4.19. The molecule has 0 saturated heterocycles. The molecule has 2 rings (SSSR count). The van der Waals surface area contributed by atoms with Crippen molar-refractivity contribution in [2.45, 2.75) is 13.8 Å². The quantitative estimate of drug-likeness (QED) is 0.862. The standard InChI is InChI=1S/C14H16FN3/c1-3-16-14-9-11(7-8-17-14)18-13-6-4-5-12(15)10(13)2/h4-9H,3H2,1-2H3,(H2,16,17,18). The van der Waals surface area contributed by atoms with Gasteiger partial charge in [0.05, 0.1) is 0 Å².